The van der Waals surface area contributed by atoms with Crippen LogP contribution in [0.1, 0.15) is 25.5 Å². The quantitative estimate of drug-likeness (QED) is 0.801. The van der Waals surface area contributed by atoms with E-state index in [1.54, 1.807) is 18.6 Å². The molecule has 0 bridgehead atoms. The molecule has 0 radical (unpaired) electrons. The summed E-state index contributed by atoms with van der Waals surface area (Å²) in [5.74, 6) is 0.253. The van der Waals surface area contributed by atoms with Crippen molar-refractivity contribution in [1.29, 1.82) is 0 Å². The van der Waals surface area contributed by atoms with Crippen molar-refractivity contribution in [2.45, 2.75) is 25.2 Å². The highest BCUT2D eigenvalue weighted by atomic mass is 16.2. The van der Waals surface area contributed by atoms with Crippen molar-refractivity contribution in [3.8, 4) is 0 Å². The van der Waals surface area contributed by atoms with Crippen LogP contribution >= 0.6 is 0 Å². The van der Waals surface area contributed by atoms with E-state index in [2.05, 4.69) is 21.8 Å². The number of rotatable bonds is 3. The smallest absolute Gasteiger partial charge is 0.234 e. The summed E-state index contributed by atoms with van der Waals surface area (Å²) in [5.41, 5.74) is 0.487. The average molecular weight is 260 g/mol. The number of piperazine rings is 1. The predicted octanol–water partition coefficient (Wildman–Crippen LogP) is 0.672. The van der Waals surface area contributed by atoms with Gasteiger partial charge in [-0.25, -0.2) is 0 Å². The molecule has 1 saturated carbocycles. The standard InChI is InChI=1S/C14H20N4O/c1-2-17-7-9-18(10-8-17)13(19)14(3-4-14)12-11-15-5-6-16-12/h5-6,11H,2-4,7-10H2,1H3. The second-order valence-electron chi connectivity index (χ2n) is 5.40. The van der Waals surface area contributed by atoms with E-state index in [1.807, 2.05) is 4.90 Å². The van der Waals surface area contributed by atoms with Crippen molar-refractivity contribution in [3.63, 3.8) is 0 Å². The Hall–Kier alpha value is -1.49. The average Bonchev–Trinajstić information content (AvgIpc) is 3.29. The Kier molecular flexibility index (Phi) is 3.22. The van der Waals surface area contributed by atoms with Gasteiger partial charge >= 0.3 is 0 Å². The zero-order valence-electron chi connectivity index (χ0n) is 11.4. The first-order valence-electron chi connectivity index (χ1n) is 7.04. The number of carbonyl (C=O) groups excluding carboxylic acids is 1. The fourth-order valence-corrected chi connectivity index (χ4v) is 2.82. The molecule has 0 spiro atoms. The Morgan fingerprint density at radius 2 is 2.00 bits per heavy atom. The molecular weight excluding hydrogens is 240 g/mol. The van der Waals surface area contributed by atoms with Crippen LogP contribution in [-0.4, -0.2) is 58.4 Å². The lowest BCUT2D eigenvalue weighted by atomic mass is 10.0. The molecule has 1 aliphatic carbocycles. The molecular formula is C14H20N4O. The fraction of sp³-hybridized carbons (Fsp3) is 0.643. The minimum absolute atomic E-state index is 0.253. The van der Waals surface area contributed by atoms with Gasteiger partial charge in [-0.3, -0.25) is 14.8 Å². The van der Waals surface area contributed by atoms with Gasteiger partial charge in [-0.2, -0.15) is 0 Å². The third-order valence-electron chi connectivity index (χ3n) is 4.32. The molecule has 19 heavy (non-hydrogen) atoms. The minimum Gasteiger partial charge on any atom is -0.339 e. The number of hydrogen-bond acceptors (Lipinski definition) is 4. The highest BCUT2D eigenvalue weighted by molar-refractivity contribution is 5.90. The molecule has 3 rings (SSSR count). The van der Waals surface area contributed by atoms with E-state index >= 15 is 0 Å². The van der Waals surface area contributed by atoms with Gasteiger partial charge in [0.15, 0.2) is 0 Å². The van der Waals surface area contributed by atoms with Crippen molar-refractivity contribution >= 4 is 5.91 Å². The summed E-state index contributed by atoms with van der Waals surface area (Å²) in [6.07, 6.45) is 6.91. The predicted molar refractivity (Wildman–Crippen MR) is 71.6 cm³/mol. The van der Waals surface area contributed by atoms with E-state index in [-0.39, 0.29) is 11.3 Å². The second kappa shape index (κ2) is 4.89. The molecule has 1 aromatic rings. The summed E-state index contributed by atoms with van der Waals surface area (Å²) in [7, 11) is 0. The number of nitrogens with zero attached hydrogens (tertiary/aromatic N) is 4. The van der Waals surface area contributed by atoms with Gasteiger partial charge in [0.1, 0.15) is 0 Å². The molecule has 1 aromatic heterocycles. The maximum absolute atomic E-state index is 12.7. The van der Waals surface area contributed by atoms with Crippen LogP contribution in [-0.2, 0) is 10.2 Å². The summed E-state index contributed by atoms with van der Waals surface area (Å²) in [5, 5.41) is 0. The van der Waals surface area contributed by atoms with E-state index in [1.165, 1.54) is 0 Å². The Bertz CT molecular complexity index is 450. The lowest BCUT2D eigenvalue weighted by molar-refractivity contribution is -0.135. The van der Waals surface area contributed by atoms with E-state index in [0.717, 1.165) is 51.3 Å². The van der Waals surface area contributed by atoms with Crippen molar-refractivity contribution in [3.05, 3.63) is 24.3 Å². The highest BCUT2D eigenvalue weighted by Gasteiger charge is 2.54. The van der Waals surface area contributed by atoms with Crippen LogP contribution < -0.4 is 0 Å². The largest absolute Gasteiger partial charge is 0.339 e. The minimum atomic E-state index is -0.358. The van der Waals surface area contributed by atoms with Crippen molar-refractivity contribution in [1.82, 2.24) is 19.8 Å². The first kappa shape index (κ1) is 12.5. The molecule has 102 valence electrons. The third-order valence-corrected chi connectivity index (χ3v) is 4.32. The number of amides is 1. The molecule has 1 amide bonds. The van der Waals surface area contributed by atoms with Crippen LogP contribution in [0.4, 0.5) is 0 Å². The van der Waals surface area contributed by atoms with E-state index in [0.29, 0.717) is 0 Å². The van der Waals surface area contributed by atoms with Gasteiger partial charge in [0.25, 0.3) is 0 Å². The summed E-state index contributed by atoms with van der Waals surface area (Å²) < 4.78 is 0. The molecule has 0 atom stereocenters. The maximum Gasteiger partial charge on any atom is 0.234 e. The molecule has 0 aromatic carbocycles. The lowest BCUT2D eigenvalue weighted by Gasteiger charge is -2.35. The number of hydrogen-bond donors (Lipinski definition) is 0. The van der Waals surface area contributed by atoms with Gasteiger partial charge < -0.3 is 9.80 Å². The van der Waals surface area contributed by atoms with Gasteiger partial charge in [-0.15, -0.1) is 0 Å². The summed E-state index contributed by atoms with van der Waals surface area (Å²) >= 11 is 0. The van der Waals surface area contributed by atoms with Gasteiger partial charge in [0.2, 0.25) is 5.91 Å². The van der Waals surface area contributed by atoms with Crippen LogP contribution in [0.2, 0.25) is 0 Å². The summed E-state index contributed by atoms with van der Waals surface area (Å²) in [4.78, 5) is 25.5. The van der Waals surface area contributed by atoms with Gasteiger partial charge in [-0.1, -0.05) is 6.92 Å². The van der Waals surface area contributed by atoms with Crippen LogP contribution in [0.15, 0.2) is 18.6 Å². The number of aromatic nitrogens is 2. The van der Waals surface area contributed by atoms with E-state index in [9.17, 15) is 4.79 Å². The molecule has 1 aliphatic heterocycles. The Labute approximate surface area is 113 Å². The normalized spacial score (nSPS) is 22.3. The zero-order chi connectivity index (χ0) is 13.3. The van der Waals surface area contributed by atoms with Crippen LogP contribution in [0, 0.1) is 0 Å². The van der Waals surface area contributed by atoms with Crippen molar-refractivity contribution in [2.24, 2.45) is 0 Å². The van der Waals surface area contributed by atoms with Gasteiger partial charge in [-0.05, 0) is 19.4 Å². The first-order valence-corrected chi connectivity index (χ1v) is 7.04. The van der Waals surface area contributed by atoms with Crippen LogP contribution in [0.3, 0.4) is 0 Å². The first-order chi connectivity index (χ1) is 9.26. The van der Waals surface area contributed by atoms with Gasteiger partial charge in [0.05, 0.1) is 11.1 Å². The fourth-order valence-electron chi connectivity index (χ4n) is 2.82. The number of likely N-dealkylation sites (N-methyl/N-ethyl adjacent to an activating group) is 1. The molecule has 5 nitrogen and oxygen atoms in total. The van der Waals surface area contributed by atoms with Crippen LogP contribution in [0.5, 0.6) is 0 Å². The third kappa shape index (κ3) is 2.23. The number of carbonyl (C=O) groups is 1. The molecule has 2 heterocycles. The van der Waals surface area contributed by atoms with E-state index < -0.39 is 0 Å². The zero-order valence-corrected chi connectivity index (χ0v) is 11.4. The monoisotopic (exact) mass is 260 g/mol. The van der Waals surface area contributed by atoms with E-state index in [4.69, 9.17) is 0 Å². The van der Waals surface area contributed by atoms with Gasteiger partial charge in [0, 0.05) is 44.8 Å². The summed E-state index contributed by atoms with van der Waals surface area (Å²) in [6.45, 7) is 6.89. The Morgan fingerprint density at radius 3 is 2.53 bits per heavy atom. The molecule has 2 aliphatic rings. The van der Waals surface area contributed by atoms with Crippen molar-refractivity contribution in [2.75, 3.05) is 32.7 Å². The molecule has 1 saturated heterocycles. The second-order valence-corrected chi connectivity index (χ2v) is 5.40. The molecule has 5 heteroatoms. The van der Waals surface area contributed by atoms with Crippen molar-refractivity contribution < 1.29 is 4.79 Å². The lowest BCUT2D eigenvalue weighted by Crippen LogP contribution is -2.51. The molecule has 0 N–H and O–H groups in total. The SMILES string of the molecule is CCN1CCN(C(=O)C2(c3cnccn3)CC2)CC1. The Morgan fingerprint density at radius 1 is 1.26 bits per heavy atom. The molecule has 0 unspecified atom stereocenters. The Balaban J connectivity index is 1.71. The maximum atomic E-state index is 12.7. The molecule has 2 fully saturated rings. The summed E-state index contributed by atoms with van der Waals surface area (Å²) in [6, 6.07) is 0. The highest BCUT2D eigenvalue weighted by Crippen LogP contribution is 2.48. The topological polar surface area (TPSA) is 49.3 Å². The van der Waals surface area contributed by atoms with Crippen LogP contribution in [0.25, 0.3) is 0 Å².